The Kier molecular flexibility index (Phi) is 3.91. The summed E-state index contributed by atoms with van der Waals surface area (Å²) in [7, 11) is -0.749. The van der Waals surface area contributed by atoms with E-state index < -0.39 is 9.52 Å². The maximum atomic E-state index is 9.48. The Morgan fingerprint density at radius 3 is 1.59 bits per heavy atom. The molecule has 0 aliphatic carbocycles. The van der Waals surface area contributed by atoms with Crippen molar-refractivity contribution in [3.05, 3.63) is 45.3 Å². The molecular weight excluding hydrogens is 364 g/mol. The van der Waals surface area contributed by atoms with Gasteiger partial charge in [-0.05, 0) is 46.8 Å². The zero-order valence-electron chi connectivity index (χ0n) is 8.82. The second kappa shape index (κ2) is 5.24. The highest BCUT2D eigenvalue weighted by molar-refractivity contribution is 9.11. The van der Waals surface area contributed by atoms with E-state index in [9.17, 15) is 10.2 Å². The highest BCUT2D eigenvalue weighted by Gasteiger charge is 2.07. The van der Waals surface area contributed by atoms with E-state index in [0.29, 0.717) is 0 Å². The van der Waals surface area contributed by atoms with E-state index in [-0.39, 0.29) is 11.5 Å². The third-order valence-corrected chi connectivity index (χ3v) is 6.95. The molecule has 0 amide bonds. The van der Waals surface area contributed by atoms with Crippen LogP contribution in [0.4, 0.5) is 0 Å². The fraction of sp³-hybridized carbons (Fsp3) is 0. The van der Waals surface area contributed by atoms with Crippen LogP contribution in [0.3, 0.4) is 0 Å². The molecule has 2 N–H and O–H groups in total. The molecule has 0 radical (unpaired) electrons. The topological polar surface area (TPSA) is 40.5 Å². The summed E-state index contributed by atoms with van der Waals surface area (Å²) in [5, 5.41) is 21.2. The Labute approximate surface area is 118 Å². The van der Waals surface area contributed by atoms with Crippen molar-refractivity contribution >= 4 is 51.8 Å². The van der Waals surface area contributed by atoms with Crippen LogP contribution in [0.25, 0.3) is 0 Å². The van der Waals surface area contributed by atoms with Crippen LogP contribution in [0.15, 0.2) is 45.3 Å². The average molecular weight is 374 g/mol. The molecule has 0 heterocycles. The summed E-state index contributed by atoms with van der Waals surface area (Å²) in [5.41, 5.74) is 0. The second-order valence-electron chi connectivity index (χ2n) is 3.73. The third kappa shape index (κ3) is 3.11. The molecule has 0 aromatic heterocycles. The molecular formula is C12H10Br2O2Si. The molecule has 2 nitrogen and oxygen atoms in total. The number of halogens is 2. The summed E-state index contributed by atoms with van der Waals surface area (Å²) in [4.78, 5) is 0. The SMILES string of the molecule is Oc1ccc(Br)c([SiH2]c2cc(O)ccc2Br)c1. The molecule has 0 saturated heterocycles. The minimum atomic E-state index is -0.749. The van der Waals surface area contributed by atoms with Crippen LogP contribution in [0.2, 0.25) is 0 Å². The lowest BCUT2D eigenvalue weighted by Gasteiger charge is -2.07. The number of aromatic hydroxyl groups is 2. The fourth-order valence-corrected chi connectivity index (χ4v) is 4.54. The summed E-state index contributed by atoms with van der Waals surface area (Å²) < 4.78 is 1.99. The molecule has 0 unspecified atom stereocenters. The summed E-state index contributed by atoms with van der Waals surface area (Å²) in [5.74, 6) is 0.541. The van der Waals surface area contributed by atoms with Crippen molar-refractivity contribution < 1.29 is 10.2 Å². The van der Waals surface area contributed by atoms with E-state index in [1.165, 1.54) is 0 Å². The van der Waals surface area contributed by atoms with Gasteiger partial charge in [-0.1, -0.05) is 31.9 Å². The Hall–Kier alpha value is -0.783. The molecule has 0 atom stereocenters. The Morgan fingerprint density at radius 2 is 1.18 bits per heavy atom. The van der Waals surface area contributed by atoms with E-state index in [1.807, 2.05) is 12.1 Å². The smallest absolute Gasteiger partial charge is 0.115 e. The predicted octanol–water partition coefficient (Wildman–Crippen LogP) is 1.74. The van der Waals surface area contributed by atoms with Crippen molar-refractivity contribution in [3.63, 3.8) is 0 Å². The Morgan fingerprint density at radius 1 is 0.765 bits per heavy atom. The first-order valence-corrected chi connectivity index (χ1v) is 8.01. The molecule has 0 spiro atoms. The molecule has 0 fully saturated rings. The maximum Gasteiger partial charge on any atom is 0.115 e. The fourth-order valence-electron chi connectivity index (χ4n) is 1.60. The van der Waals surface area contributed by atoms with Gasteiger partial charge >= 0.3 is 0 Å². The van der Waals surface area contributed by atoms with Crippen molar-refractivity contribution in [1.29, 1.82) is 0 Å². The predicted molar refractivity (Wildman–Crippen MR) is 79.4 cm³/mol. The largest absolute Gasteiger partial charge is 0.508 e. The van der Waals surface area contributed by atoms with Gasteiger partial charge in [0.15, 0.2) is 0 Å². The minimum absolute atomic E-state index is 0.270. The molecule has 17 heavy (non-hydrogen) atoms. The summed E-state index contributed by atoms with van der Waals surface area (Å²) in [6, 6.07) is 10.5. The number of hydrogen-bond donors (Lipinski definition) is 2. The first kappa shape index (κ1) is 12.7. The molecule has 5 heteroatoms. The minimum Gasteiger partial charge on any atom is -0.508 e. The molecule has 2 rings (SSSR count). The van der Waals surface area contributed by atoms with Gasteiger partial charge < -0.3 is 10.2 Å². The molecule has 0 bridgehead atoms. The van der Waals surface area contributed by atoms with Crippen LogP contribution in [0, 0.1) is 0 Å². The quantitative estimate of drug-likeness (QED) is 0.787. The molecule has 0 saturated carbocycles. The average Bonchev–Trinajstić information content (AvgIpc) is 2.28. The standard InChI is InChI=1S/C12H10Br2O2Si/c13-9-3-1-7(15)5-11(9)17-12-6-8(16)2-4-10(12)14/h1-6,15-16H,17H2. The molecule has 0 aliphatic heterocycles. The van der Waals surface area contributed by atoms with Crippen molar-refractivity contribution in [2.45, 2.75) is 0 Å². The van der Waals surface area contributed by atoms with Crippen molar-refractivity contribution in [1.82, 2.24) is 0 Å². The number of benzene rings is 2. The third-order valence-electron chi connectivity index (χ3n) is 2.44. The van der Waals surface area contributed by atoms with E-state index >= 15 is 0 Å². The molecule has 0 aliphatic rings. The zero-order valence-corrected chi connectivity index (χ0v) is 13.4. The second-order valence-corrected chi connectivity index (χ2v) is 7.31. The number of phenols is 2. The Bertz CT molecular complexity index is 509. The van der Waals surface area contributed by atoms with Gasteiger partial charge in [-0.15, -0.1) is 0 Å². The number of rotatable bonds is 2. The summed E-state index contributed by atoms with van der Waals surface area (Å²) in [6.45, 7) is 0. The normalized spacial score (nSPS) is 10.5. The maximum absolute atomic E-state index is 9.48. The van der Waals surface area contributed by atoms with Crippen LogP contribution in [-0.4, -0.2) is 19.7 Å². The lowest BCUT2D eigenvalue weighted by molar-refractivity contribution is 0.475. The van der Waals surface area contributed by atoms with E-state index in [4.69, 9.17) is 0 Å². The van der Waals surface area contributed by atoms with Gasteiger partial charge in [0.25, 0.3) is 0 Å². The van der Waals surface area contributed by atoms with Crippen LogP contribution in [0.1, 0.15) is 0 Å². The summed E-state index contributed by atoms with van der Waals surface area (Å²) >= 11 is 6.95. The summed E-state index contributed by atoms with van der Waals surface area (Å²) in [6.07, 6.45) is 0. The monoisotopic (exact) mass is 372 g/mol. The van der Waals surface area contributed by atoms with Crippen LogP contribution >= 0.6 is 31.9 Å². The van der Waals surface area contributed by atoms with Gasteiger partial charge in [-0.3, -0.25) is 0 Å². The van der Waals surface area contributed by atoms with Crippen molar-refractivity contribution in [2.24, 2.45) is 0 Å². The van der Waals surface area contributed by atoms with Gasteiger partial charge in [0, 0.05) is 8.95 Å². The first-order chi connectivity index (χ1) is 8.06. The highest BCUT2D eigenvalue weighted by Crippen LogP contribution is 2.15. The first-order valence-electron chi connectivity index (χ1n) is 5.01. The van der Waals surface area contributed by atoms with Crippen molar-refractivity contribution in [2.75, 3.05) is 0 Å². The van der Waals surface area contributed by atoms with E-state index in [0.717, 1.165) is 19.3 Å². The van der Waals surface area contributed by atoms with E-state index in [1.54, 1.807) is 24.3 Å². The van der Waals surface area contributed by atoms with Crippen LogP contribution in [0.5, 0.6) is 11.5 Å². The van der Waals surface area contributed by atoms with Crippen LogP contribution in [-0.2, 0) is 0 Å². The highest BCUT2D eigenvalue weighted by atomic mass is 79.9. The molecule has 2 aromatic carbocycles. The van der Waals surface area contributed by atoms with Gasteiger partial charge in [0.2, 0.25) is 0 Å². The van der Waals surface area contributed by atoms with Gasteiger partial charge in [0.05, 0.1) is 9.52 Å². The molecule has 88 valence electrons. The Balaban J connectivity index is 2.37. The number of hydrogen-bond acceptors (Lipinski definition) is 2. The van der Waals surface area contributed by atoms with Crippen molar-refractivity contribution in [3.8, 4) is 11.5 Å². The van der Waals surface area contributed by atoms with Gasteiger partial charge in [-0.2, -0.15) is 0 Å². The van der Waals surface area contributed by atoms with E-state index in [2.05, 4.69) is 31.9 Å². The lowest BCUT2D eigenvalue weighted by atomic mass is 10.3. The van der Waals surface area contributed by atoms with Crippen LogP contribution < -0.4 is 10.4 Å². The van der Waals surface area contributed by atoms with Gasteiger partial charge in [0.1, 0.15) is 11.5 Å². The zero-order chi connectivity index (χ0) is 12.4. The van der Waals surface area contributed by atoms with Gasteiger partial charge in [-0.25, -0.2) is 0 Å². The molecule has 2 aromatic rings. The number of phenolic OH excluding ortho intramolecular Hbond substituents is 2. The lowest BCUT2D eigenvalue weighted by Crippen LogP contribution is -2.28.